The Labute approximate surface area is 284 Å². The topological polar surface area (TPSA) is 61.8 Å². The molecule has 0 heterocycles. The van der Waals surface area contributed by atoms with E-state index in [9.17, 15) is 9.59 Å². The van der Waals surface area contributed by atoms with Gasteiger partial charge in [-0.3, -0.25) is 9.59 Å². The second-order valence-electron chi connectivity index (χ2n) is 12.2. The molecule has 0 bridgehead atoms. The van der Waals surface area contributed by atoms with Crippen LogP contribution in [-0.4, -0.2) is 37.9 Å². The van der Waals surface area contributed by atoms with E-state index in [4.69, 9.17) is 14.2 Å². The highest BCUT2D eigenvalue weighted by molar-refractivity contribution is 5.69. The van der Waals surface area contributed by atoms with Gasteiger partial charge in [-0.1, -0.05) is 158 Å². The molecule has 0 aliphatic heterocycles. The maximum absolute atomic E-state index is 12.4. The number of unbranched alkanes of at least 4 members (excludes halogenated alkanes) is 14. The quantitative estimate of drug-likeness (QED) is 0.0405. The Bertz CT molecular complexity index is 823. The number of carbonyl (C=O) groups excluding carboxylic acids is 2. The maximum Gasteiger partial charge on any atom is 0.306 e. The molecule has 0 aromatic heterocycles. The van der Waals surface area contributed by atoms with Crippen LogP contribution in [0, 0.1) is 0 Å². The molecule has 0 aromatic carbocycles. The minimum atomic E-state index is -0.559. The lowest BCUT2D eigenvalue weighted by molar-refractivity contribution is -0.161. The van der Waals surface area contributed by atoms with Crippen LogP contribution in [0.2, 0.25) is 0 Å². The fourth-order valence-corrected chi connectivity index (χ4v) is 4.92. The van der Waals surface area contributed by atoms with Gasteiger partial charge in [0.1, 0.15) is 6.61 Å². The van der Waals surface area contributed by atoms with E-state index in [1.54, 1.807) is 0 Å². The number of hydrogen-bond acceptors (Lipinski definition) is 5. The molecule has 46 heavy (non-hydrogen) atoms. The van der Waals surface area contributed by atoms with E-state index in [1.807, 2.05) is 0 Å². The molecule has 0 radical (unpaired) electrons. The number of rotatable bonds is 33. The third kappa shape index (κ3) is 36.1. The molecule has 5 nitrogen and oxygen atoms in total. The zero-order valence-electron chi connectivity index (χ0n) is 30.1. The molecule has 264 valence electrons. The Morgan fingerprint density at radius 3 is 1.48 bits per heavy atom. The highest BCUT2D eigenvalue weighted by Crippen LogP contribution is 2.13. The molecular weight excluding hydrogens is 572 g/mol. The van der Waals surface area contributed by atoms with Gasteiger partial charge in [-0.2, -0.15) is 0 Å². The Morgan fingerprint density at radius 1 is 0.543 bits per heavy atom. The van der Waals surface area contributed by atoms with Crippen molar-refractivity contribution >= 4 is 11.9 Å². The van der Waals surface area contributed by atoms with Crippen molar-refractivity contribution in [3.8, 4) is 0 Å². The molecule has 0 aliphatic carbocycles. The fourth-order valence-electron chi connectivity index (χ4n) is 4.92. The van der Waals surface area contributed by atoms with Crippen LogP contribution in [0.5, 0.6) is 0 Å². The maximum atomic E-state index is 12.4. The van der Waals surface area contributed by atoms with Crippen LogP contribution in [-0.2, 0) is 23.8 Å². The Balaban J connectivity index is 3.87. The number of allylic oxidation sites excluding steroid dienone is 10. The lowest BCUT2D eigenvalue weighted by atomic mass is 10.0. The Hall–Kier alpha value is -2.40. The van der Waals surface area contributed by atoms with Crippen LogP contribution < -0.4 is 0 Å². The van der Waals surface area contributed by atoms with Crippen LogP contribution in [0.1, 0.15) is 162 Å². The highest BCUT2D eigenvalue weighted by atomic mass is 16.6. The number of ether oxygens (including phenoxy) is 3. The van der Waals surface area contributed by atoms with Gasteiger partial charge in [0, 0.05) is 20.0 Å². The van der Waals surface area contributed by atoms with Gasteiger partial charge in [0.2, 0.25) is 0 Å². The highest BCUT2D eigenvalue weighted by Gasteiger charge is 2.16. The van der Waals surface area contributed by atoms with Gasteiger partial charge in [-0.05, 0) is 51.4 Å². The predicted octanol–water partition coefficient (Wildman–Crippen LogP) is 11.9. The van der Waals surface area contributed by atoms with E-state index in [1.165, 1.54) is 84.0 Å². The first kappa shape index (κ1) is 43.6. The van der Waals surface area contributed by atoms with Gasteiger partial charge in [0.25, 0.3) is 0 Å². The molecule has 0 fully saturated rings. The molecule has 0 saturated carbocycles. The minimum Gasteiger partial charge on any atom is -0.462 e. The van der Waals surface area contributed by atoms with Crippen molar-refractivity contribution in [3.63, 3.8) is 0 Å². The number of esters is 2. The monoisotopic (exact) mass is 643 g/mol. The van der Waals surface area contributed by atoms with E-state index in [0.717, 1.165) is 57.8 Å². The molecule has 0 aromatic rings. The molecule has 0 saturated heterocycles. The van der Waals surface area contributed by atoms with E-state index in [2.05, 4.69) is 74.6 Å². The smallest absolute Gasteiger partial charge is 0.306 e. The standard InChI is InChI=1S/C41H70O5/c1-4-6-8-10-12-14-16-18-20-21-22-23-25-27-29-31-33-35-41(43)46-40(38-45-39(3)42)37-44-36-34-32-30-28-26-24-19-17-15-13-11-9-7-5-2/h6,8,12,14,18,20,22-23,27,29,40H,4-5,7,9-11,13,15-17,19,21,24-26,28,30-38H2,1-3H3/b8-6-,14-12-,20-18-,23-22-,29-27-/t40-/m1/s1. The van der Waals surface area contributed by atoms with Gasteiger partial charge in [-0.15, -0.1) is 0 Å². The van der Waals surface area contributed by atoms with Crippen LogP contribution in [0.25, 0.3) is 0 Å². The van der Waals surface area contributed by atoms with Gasteiger partial charge in [0.15, 0.2) is 6.10 Å². The van der Waals surface area contributed by atoms with Crippen molar-refractivity contribution in [2.75, 3.05) is 19.8 Å². The minimum absolute atomic E-state index is 0.0363. The number of hydrogen-bond donors (Lipinski definition) is 0. The van der Waals surface area contributed by atoms with Crippen LogP contribution in [0.3, 0.4) is 0 Å². The summed E-state index contributed by atoms with van der Waals surface area (Å²) in [6.45, 7) is 6.71. The van der Waals surface area contributed by atoms with Crippen molar-refractivity contribution in [3.05, 3.63) is 60.8 Å². The van der Waals surface area contributed by atoms with Gasteiger partial charge >= 0.3 is 11.9 Å². The lowest BCUT2D eigenvalue weighted by Crippen LogP contribution is -2.29. The van der Waals surface area contributed by atoms with E-state index >= 15 is 0 Å². The third-order valence-electron chi connectivity index (χ3n) is 7.63. The molecule has 0 rings (SSSR count). The first-order valence-electron chi connectivity index (χ1n) is 18.8. The summed E-state index contributed by atoms with van der Waals surface area (Å²) in [5.41, 5.74) is 0. The summed E-state index contributed by atoms with van der Waals surface area (Å²) in [6, 6.07) is 0. The van der Waals surface area contributed by atoms with Crippen molar-refractivity contribution < 1.29 is 23.8 Å². The average Bonchev–Trinajstić information content (AvgIpc) is 3.04. The predicted molar refractivity (Wildman–Crippen MR) is 196 cm³/mol. The van der Waals surface area contributed by atoms with E-state index in [0.29, 0.717) is 13.0 Å². The van der Waals surface area contributed by atoms with Crippen molar-refractivity contribution in [1.29, 1.82) is 0 Å². The van der Waals surface area contributed by atoms with Crippen LogP contribution in [0.15, 0.2) is 60.8 Å². The molecule has 0 aliphatic rings. The normalized spacial score (nSPS) is 12.8. The summed E-state index contributed by atoms with van der Waals surface area (Å²) < 4.78 is 16.4. The SMILES string of the molecule is CC/C=C\C/C=C\C/C=C\C/C=C\C/C=C\CCCC(=O)O[C@H](COCCCCCCCCCCCCCCCC)COC(C)=O. The zero-order chi connectivity index (χ0) is 33.6. The lowest BCUT2D eigenvalue weighted by Gasteiger charge is -2.18. The molecule has 5 heteroatoms. The first-order chi connectivity index (χ1) is 22.6. The summed E-state index contributed by atoms with van der Waals surface area (Å²) >= 11 is 0. The summed E-state index contributed by atoms with van der Waals surface area (Å²) in [6.07, 6.45) is 46.5. The van der Waals surface area contributed by atoms with Crippen LogP contribution in [0.4, 0.5) is 0 Å². The summed E-state index contributed by atoms with van der Waals surface area (Å²) in [7, 11) is 0. The molecule has 0 unspecified atom stereocenters. The summed E-state index contributed by atoms with van der Waals surface area (Å²) in [4.78, 5) is 23.6. The Kier molecular flexibility index (Phi) is 35.1. The molecule has 1 atom stereocenters. The average molecular weight is 643 g/mol. The molecule has 0 amide bonds. The van der Waals surface area contributed by atoms with E-state index < -0.39 is 6.10 Å². The summed E-state index contributed by atoms with van der Waals surface area (Å²) in [5, 5.41) is 0. The number of carbonyl (C=O) groups is 2. The van der Waals surface area contributed by atoms with Crippen molar-refractivity contribution in [2.24, 2.45) is 0 Å². The third-order valence-corrected chi connectivity index (χ3v) is 7.63. The molecule has 0 spiro atoms. The van der Waals surface area contributed by atoms with E-state index in [-0.39, 0.29) is 25.2 Å². The largest absolute Gasteiger partial charge is 0.462 e. The van der Waals surface area contributed by atoms with Crippen molar-refractivity contribution in [1.82, 2.24) is 0 Å². The van der Waals surface area contributed by atoms with Gasteiger partial charge in [0.05, 0.1) is 6.61 Å². The molecular formula is C41H70O5. The fraction of sp³-hybridized carbons (Fsp3) is 0.707. The van der Waals surface area contributed by atoms with Crippen molar-refractivity contribution in [2.45, 2.75) is 168 Å². The Morgan fingerprint density at radius 2 is 1.00 bits per heavy atom. The summed E-state index contributed by atoms with van der Waals surface area (Å²) in [5.74, 6) is -0.656. The van der Waals surface area contributed by atoms with Gasteiger partial charge < -0.3 is 14.2 Å². The van der Waals surface area contributed by atoms with Crippen LogP contribution >= 0.6 is 0 Å². The second kappa shape index (κ2) is 37.1. The second-order valence-corrected chi connectivity index (χ2v) is 12.2. The molecule has 0 N–H and O–H groups in total. The zero-order valence-corrected chi connectivity index (χ0v) is 30.1. The first-order valence-corrected chi connectivity index (χ1v) is 18.8. The van der Waals surface area contributed by atoms with Gasteiger partial charge in [-0.25, -0.2) is 0 Å².